The molecule has 0 atom stereocenters. The van der Waals surface area contributed by atoms with Crippen molar-refractivity contribution in [3.05, 3.63) is 53.9 Å². The van der Waals surface area contributed by atoms with E-state index in [2.05, 4.69) is 14.7 Å². The van der Waals surface area contributed by atoms with Crippen LogP contribution in [-0.4, -0.2) is 32.7 Å². The largest absolute Gasteiger partial charge is 0.497 e. The molecule has 3 aromatic rings. The first kappa shape index (κ1) is 19.7. The van der Waals surface area contributed by atoms with Crippen molar-refractivity contribution in [2.24, 2.45) is 0 Å². The molecule has 142 valence electrons. The third-order valence-electron chi connectivity index (χ3n) is 3.69. The lowest BCUT2D eigenvalue weighted by Gasteiger charge is -2.08. The zero-order valence-corrected chi connectivity index (χ0v) is 16.9. The van der Waals surface area contributed by atoms with E-state index < -0.39 is 5.91 Å². The van der Waals surface area contributed by atoms with Crippen LogP contribution in [0, 0.1) is 11.3 Å². The molecule has 0 aliphatic carbocycles. The van der Waals surface area contributed by atoms with Crippen molar-refractivity contribution < 1.29 is 9.53 Å². The molecule has 2 aromatic heterocycles. The first-order chi connectivity index (χ1) is 13.6. The van der Waals surface area contributed by atoms with E-state index in [1.807, 2.05) is 60.2 Å². The van der Waals surface area contributed by atoms with E-state index in [0.29, 0.717) is 16.0 Å². The average Bonchev–Trinajstić information content (AvgIpc) is 3.35. The Morgan fingerprint density at radius 3 is 2.86 bits per heavy atom. The van der Waals surface area contributed by atoms with Crippen LogP contribution >= 0.6 is 23.3 Å². The van der Waals surface area contributed by atoms with Crippen molar-refractivity contribution in [2.45, 2.75) is 12.1 Å². The average molecular weight is 412 g/mol. The van der Waals surface area contributed by atoms with Gasteiger partial charge < -0.3 is 9.30 Å². The highest BCUT2D eigenvalue weighted by Crippen LogP contribution is 2.21. The Hall–Kier alpha value is -3.09. The van der Waals surface area contributed by atoms with Gasteiger partial charge in [-0.2, -0.15) is 14.6 Å². The van der Waals surface area contributed by atoms with Crippen molar-refractivity contribution in [1.29, 1.82) is 5.26 Å². The van der Waals surface area contributed by atoms with Crippen LogP contribution in [0.25, 0.3) is 11.8 Å². The highest BCUT2D eigenvalue weighted by atomic mass is 32.2. The number of ether oxygens (including phenoxy) is 1. The number of carbonyl (C=O) groups is 1. The fraction of sp³-hybridized carbons (Fsp3) is 0.158. The van der Waals surface area contributed by atoms with Crippen LogP contribution in [0.1, 0.15) is 12.6 Å². The first-order valence-electron chi connectivity index (χ1n) is 8.36. The van der Waals surface area contributed by atoms with Crippen LogP contribution in [0.2, 0.25) is 0 Å². The van der Waals surface area contributed by atoms with Crippen molar-refractivity contribution in [2.75, 3.05) is 18.2 Å². The lowest BCUT2D eigenvalue weighted by atomic mass is 10.2. The number of methoxy groups -OCH3 is 1. The number of rotatable bonds is 7. The van der Waals surface area contributed by atoms with E-state index in [4.69, 9.17) is 4.74 Å². The molecule has 0 unspecified atom stereocenters. The summed E-state index contributed by atoms with van der Waals surface area (Å²) in [6.45, 7) is 2.00. The fourth-order valence-corrected chi connectivity index (χ4v) is 3.66. The van der Waals surface area contributed by atoms with Crippen molar-refractivity contribution in [3.8, 4) is 17.5 Å². The van der Waals surface area contributed by atoms with E-state index in [1.165, 1.54) is 11.8 Å². The molecular formula is C19H17N5O2S2. The summed E-state index contributed by atoms with van der Waals surface area (Å²) < 4.78 is 11.2. The molecule has 0 bridgehead atoms. The number of nitrogens with zero attached hydrogens (tertiary/aromatic N) is 4. The minimum absolute atomic E-state index is 0.0200. The number of carbonyl (C=O) groups excluding carboxylic acids is 1. The molecule has 0 radical (unpaired) electrons. The maximum absolute atomic E-state index is 12.5. The van der Waals surface area contributed by atoms with Gasteiger partial charge in [0.2, 0.25) is 10.3 Å². The van der Waals surface area contributed by atoms with Gasteiger partial charge in [0.25, 0.3) is 5.91 Å². The van der Waals surface area contributed by atoms with Gasteiger partial charge in [0.1, 0.15) is 17.4 Å². The SMILES string of the molecule is CCSc1nsc(NC(=O)/C(C#N)=C\c2cccn2-c2ccc(OC)cc2)n1. The number of hydrogen-bond acceptors (Lipinski definition) is 7. The Balaban J connectivity index is 1.81. The third-order valence-corrected chi connectivity index (χ3v) is 5.17. The summed E-state index contributed by atoms with van der Waals surface area (Å²) in [4.78, 5) is 16.7. The van der Waals surface area contributed by atoms with Gasteiger partial charge in [-0.15, -0.1) is 0 Å². The maximum Gasteiger partial charge on any atom is 0.268 e. The van der Waals surface area contributed by atoms with Gasteiger partial charge >= 0.3 is 0 Å². The normalized spacial score (nSPS) is 11.1. The molecule has 0 aliphatic heterocycles. The Morgan fingerprint density at radius 1 is 1.39 bits per heavy atom. The van der Waals surface area contributed by atoms with Crippen molar-refractivity contribution in [3.63, 3.8) is 0 Å². The molecular weight excluding hydrogens is 394 g/mol. The van der Waals surface area contributed by atoms with Crippen molar-refractivity contribution in [1.82, 2.24) is 13.9 Å². The van der Waals surface area contributed by atoms with Crippen LogP contribution < -0.4 is 10.1 Å². The lowest BCUT2D eigenvalue weighted by Crippen LogP contribution is -2.13. The predicted molar refractivity (Wildman–Crippen MR) is 111 cm³/mol. The van der Waals surface area contributed by atoms with Crippen LogP contribution in [0.4, 0.5) is 5.13 Å². The van der Waals surface area contributed by atoms with Gasteiger partial charge in [-0.3, -0.25) is 10.1 Å². The molecule has 0 saturated carbocycles. The highest BCUT2D eigenvalue weighted by molar-refractivity contribution is 7.99. The molecule has 28 heavy (non-hydrogen) atoms. The van der Waals surface area contributed by atoms with Gasteiger partial charge in [-0.1, -0.05) is 18.7 Å². The summed E-state index contributed by atoms with van der Waals surface area (Å²) in [5.74, 6) is 1.08. The Kier molecular flexibility index (Phi) is 6.47. The van der Waals surface area contributed by atoms with E-state index in [9.17, 15) is 10.1 Å². The lowest BCUT2D eigenvalue weighted by molar-refractivity contribution is -0.112. The number of thioether (sulfide) groups is 1. The van der Waals surface area contributed by atoms with Crippen LogP contribution in [0.5, 0.6) is 5.75 Å². The molecule has 0 spiro atoms. The monoisotopic (exact) mass is 411 g/mol. The summed E-state index contributed by atoms with van der Waals surface area (Å²) in [6, 6.07) is 13.1. The van der Waals surface area contributed by atoms with E-state index in [-0.39, 0.29) is 5.57 Å². The quantitative estimate of drug-likeness (QED) is 0.359. The topological polar surface area (TPSA) is 92.8 Å². The smallest absolute Gasteiger partial charge is 0.268 e. The molecule has 1 aromatic carbocycles. The molecule has 1 N–H and O–H groups in total. The summed E-state index contributed by atoms with van der Waals surface area (Å²) >= 11 is 2.58. The van der Waals surface area contributed by atoms with Gasteiger partial charge in [0, 0.05) is 29.1 Å². The molecule has 7 nitrogen and oxygen atoms in total. The first-order valence-corrected chi connectivity index (χ1v) is 10.1. The molecule has 0 fully saturated rings. The standard InChI is InChI=1S/C19H17N5O2S2/c1-3-27-19-22-18(28-23-19)21-17(25)13(12-20)11-15-5-4-10-24(15)14-6-8-16(26-2)9-7-14/h4-11H,3H2,1-2H3,(H,21,22,23,25)/b13-11-. The summed E-state index contributed by atoms with van der Waals surface area (Å²) in [5, 5.41) is 13.1. The number of aromatic nitrogens is 3. The number of amides is 1. The van der Waals surface area contributed by atoms with Crippen LogP contribution in [0.15, 0.2) is 53.3 Å². The second-order valence-corrected chi connectivity index (χ2v) is 7.42. The van der Waals surface area contributed by atoms with Crippen LogP contribution in [-0.2, 0) is 4.79 Å². The van der Waals surface area contributed by atoms with Gasteiger partial charge in [-0.05, 0) is 48.2 Å². The number of nitriles is 1. The Bertz CT molecular complexity index is 1030. The Labute approximate surface area is 170 Å². The minimum Gasteiger partial charge on any atom is -0.497 e. The number of anilines is 1. The second-order valence-electron chi connectivity index (χ2n) is 5.44. The zero-order chi connectivity index (χ0) is 19.9. The second kappa shape index (κ2) is 9.21. The molecule has 0 saturated heterocycles. The Morgan fingerprint density at radius 2 is 2.18 bits per heavy atom. The van der Waals surface area contributed by atoms with E-state index >= 15 is 0 Å². The predicted octanol–water partition coefficient (Wildman–Crippen LogP) is 4.00. The summed E-state index contributed by atoms with van der Waals surface area (Å²) in [7, 11) is 1.61. The molecule has 0 aliphatic rings. The zero-order valence-electron chi connectivity index (χ0n) is 15.2. The number of benzene rings is 1. The highest BCUT2D eigenvalue weighted by Gasteiger charge is 2.14. The fourth-order valence-electron chi connectivity index (χ4n) is 2.40. The third kappa shape index (κ3) is 4.60. The molecule has 2 heterocycles. The van der Waals surface area contributed by atoms with Crippen LogP contribution in [0.3, 0.4) is 0 Å². The minimum atomic E-state index is -0.519. The van der Waals surface area contributed by atoms with E-state index in [1.54, 1.807) is 13.2 Å². The summed E-state index contributed by atoms with van der Waals surface area (Å²) in [6.07, 6.45) is 3.40. The van der Waals surface area contributed by atoms with Gasteiger partial charge in [-0.25, -0.2) is 0 Å². The molecule has 9 heteroatoms. The van der Waals surface area contributed by atoms with E-state index in [0.717, 1.165) is 28.7 Å². The summed E-state index contributed by atoms with van der Waals surface area (Å²) in [5.41, 5.74) is 1.57. The van der Waals surface area contributed by atoms with Gasteiger partial charge in [0.15, 0.2) is 0 Å². The number of nitrogens with one attached hydrogen (secondary N) is 1. The molecule has 1 amide bonds. The molecule has 3 rings (SSSR count). The number of hydrogen-bond donors (Lipinski definition) is 1. The van der Waals surface area contributed by atoms with Gasteiger partial charge in [0.05, 0.1) is 7.11 Å². The van der Waals surface area contributed by atoms with Crippen molar-refractivity contribution >= 4 is 40.4 Å². The maximum atomic E-state index is 12.5.